The lowest BCUT2D eigenvalue weighted by atomic mass is 9.91. The molecule has 42 nitrogen and oxygen atoms in total. The maximum absolute atomic E-state index is 15.8. The summed E-state index contributed by atoms with van der Waals surface area (Å²) in [6.07, 6.45) is -16.8. The first kappa shape index (κ1) is 93.9. The van der Waals surface area contributed by atoms with E-state index < -0.39 is 213 Å². The third kappa shape index (κ3) is 19.5. The molecular weight excluding hydrogens is 1770 g/mol. The number of aromatic amines is 3. The summed E-state index contributed by atoms with van der Waals surface area (Å²) in [7, 11) is -14.6. The van der Waals surface area contributed by atoms with Crippen molar-refractivity contribution in [3.05, 3.63) is 141 Å². The van der Waals surface area contributed by atoms with Crippen LogP contribution >= 0.6 is 58.0 Å². The highest BCUT2D eigenvalue weighted by Gasteiger charge is 2.66. The van der Waals surface area contributed by atoms with Crippen LogP contribution in [0.25, 0.3) is 33.5 Å². The molecule has 20 atom stereocenters. The van der Waals surface area contributed by atoms with E-state index in [1.165, 1.54) is 137 Å². The van der Waals surface area contributed by atoms with E-state index in [-0.39, 0.29) is 56.7 Å². The zero-order valence-corrected chi connectivity index (χ0v) is 73.3. The largest absolute Gasteiger partial charge is 0.462 e. The van der Waals surface area contributed by atoms with Crippen molar-refractivity contribution >= 4 is 127 Å². The number of nitrogens with one attached hydrogen (secondary N) is 8. The number of imidazole rings is 3. The Bertz CT molecular complexity index is 5740. The molecule has 9 heterocycles. The Morgan fingerprint density at radius 1 is 0.484 bits per heavy atom. The van der Waals surface area contributed by atoms with Gasteiger partial charge in [0.1, 0.15) is 123 Å². The molecular formula is C73H91Cl3F3N18O24P3. The van der Waals surface area contributed by atoms with Crippen LogP contribution in [0.4, 0.5) is 31.0 Å². The second-order valence-electron chi connectivity index (χ2n) is 31.3. The predicted octanol–water partition coefficient (Wildman–Crippen LogP) is 8.02. The SMILES string of the molecule is CC(C)OC(=O)[C@H](C)NP(=O)(Oc1ccccc1)OC(C)(C)[C@H]1O[C@@H](n2cnc3c(=O)[nH]c(NC(C)OC(=O)[C@H](C)N[P@@](=O)(Oc4ccccc4)OC(C)(C)[C@H]4O[C@@H](n5cnc6c(=O)[nH]c(NC(C)OC(=O)[C@H](C)N[P@](=O)(Oc7ccccc7)OC(C)(C)[C@H]7O[C@@H](n8cnc9c(=O)[nH]c(N)nc98)[C@@](Cl)(CF)C7O)nc65)[C@@](Cl)(CF)C4O)nc32)[C@@](Cl)(CF)C1O. The lowest BCUT2D eigenvalue weighted by Crippen LogP contribution is -2.51. The van der Waals surface area contributed by atoms with E-state index in [2.05, 4.69) is 70.8 Å². The van der Waals surface area contributed by atoms with Crippen molar-refractivity contribution in [3.8, 4) is 17.2 Å². The first-order valence-electron chi connectivity index (χ1n) is 38.2. The smallest absolute Gasteiger partial charge is 0.460 e. The van der Waals surface area contributed by atoms with Crippen molar-refractivity contribution in [2.45, 2.75) is 213 Å². The normalized spacial score (nSPS) is 25.8. The van der Waals surface area contributed by atoms with E-state index in [1.807, 2.05) is 0 Å². The van der Waals surface area contributed by atoms with Crippen LogP contribution in [0.2, 0.25) is 0 Å². The van der Waals surface area contributed by atoms with Gasteiger partial charge in [-0.25, -0.2) is 41.8 Å². The number of aliphatic hydroxyl groups excluding tert-OH is 3. The van der Waals surface area contributed by atoms with Crippen molar-refractivity contribution < 1.29 is 112 Å². The van der Waals surface area contributed by atoms with E-state index in [4.69, 9.17) is 96.1 Å². The molecule has 0 aliphatic carbocycles. The molecule has 3 fully saturated rings. The number of ether oxygens (including phenoxy) is 6. The molecule has 0 radical (unpaired) electrons. The number of halogens is 6. The van der Waals surface area contributed by atoms with Crippen molar-refractivity contribution in [1.29, 1.82) is 0 Å². The molecule has 3 saturated heterocycles. The molecule has 3 aliphatic rings. The summed E-state index contributed by atoms with van der Waals surface area (Å²) in [5, 5.41) is 48.9. The van der Waals surface area contributed by atoms with Gasteiger partial charge in [-0.1, -0.05) is 54.6 Å². The van der Waals surface area contributed by atoms with Crippen molar-refractivity contribution in [3.63, 3.8) is 0 Å². The second kappa shape index (κ2) is 36.3. The summed E-state index contributed by atoms with van der Waals surface area (Å²) in [6, 6.07) is 18.1. The van der Waals surface area contributed by atoms with E-state index in [1.54, 1.807) is 44.2 Å². The van der Waals surface area contributed by atoms with Crippen LogP contribution in [0.3, 0.4) is 0 Å². The number of benzene rings is 3. The average molecular weight is 1860 g/mol. The number of nitrogens with two attached hydrogens (primary N) is 1. The van der Waals surface area contributed by atoms with Gasteiger partial charge in [0.2, 0.25) is 17.8 Å². The monoisotopic (exact) mass is 1860 g/mol. The first-order valence-corrected chi connectivity index (χ1v) is 43.9. The number of carbonyl (C=O) groups is 3. The highest BCUT2D eigenvalue weighted by molar-refractivity contribution is 7.52. The van der Waals surface area contributed by atoms with Gasteiger partial charge in [-0.15, -0.1) is 34.8 Å². The maximum Gasteiger partial charge on any atom is 0.460 e. The predicted molar refractivity (Wildman–Crippen MR) is 439 cm³/mol. The third-order valence-electron chi connectivity index (χ3n) is 19.8. The van der Waals surface area contributed by atoms with Gasteiger partial charge < -0.3 is 73.7 Å². The first-order chi connectivity index (χ1) is 58.1. The minimum atomic E-state index is -5.03. The second-order valence-corrected chi connectivity index (χ2v) is 38.2. The Morgan fingerprint density at radius 2 is 0.758 bits per heavy atom. The lowest BCUT2D eigenvalue weighted by molar-refractivity contribution is -0.150. The van der Waals surface area contributed by atoms with Crippen LogP contribution in [0.1, 0.15) is 109 Å². The van der Waals surface area contributed by atoms with E-state index >= 15 is 22.3 Å². The van der Waals surface area contributed by atoms with Gasteiger partial charge in [-0.05, 0) is 126 Å². The summed E-state index contributed by atoms with van der Waals surface area (Å²) >= 11 is 20.8. The molecule has 0 spiro atoms. The number of para-hydroxylation sites is 3. The fourth-order valence-electron chi connectivity index (χ4n) is 13.9. The Labute approximate surface area is 717 Å². The minimum Gasteiger partial charge on any atom is -0.462 e. The molecule has 3 aliphatic heterocycles. The van der Waals surface area contributed by atoms with Gasteiger partial charge in [-0.2, -0.15) is 30.2 Å². The number of aliphatic hydroxyl groups is 3. The number of hydrogen-bond acceptors (Lipinski definition) is 33. The van der Waals surface area contributed by atoms with Crippen LogP contribution in [0.5, 0.6) is 17.2 Å². The number of H-pyrrole nitrogens is 3. The molecule has 12 rings (SSSR count). The van der Waals surface area contributed by atoms with Gasteiger partial charge in [0.15, 0.2) is 64.6 Å². The Hall–Kier alpha value is -9.21. The number of aromatic nitrogens is 12. The number of esters is 3. The summed E-state index contributed by atoms with van der Waals surface area (Å²) in [5.41, 5.74) is -4.61. The molecule has 6 aromatic heterocycles. The van der Waals surface area contributed by atoms with Crippen LogP contribution in [-0.2, 0) is 70.1 Å². The number of anilines is 3. The van der Waals surface area contributed by atoms with Crippen molar-refractivity contribution in [2.75, 3.05) is 36.4 Å². The third-order valence-corrected chi connectivity index (χ3v) is 27.0. The van der Waals surface area contributed by atoms with Gasteiger partial charge in [0, 0.05) is 0 Å². The van der Waals surface area contributed by atoms with E-state index in [0.29, 0.717) is 0 Å². The maximum atomic E-state index is 15.8. The van der Waals surface area contributed by atoms with Crippen molar-refractivity contribution in [1.82, 2.24) is 73.8 Å². The van der Waals surface area contributed by atoms with Crippen LogP contribution in [0.15, 0.2) is 124 Å². The number of hydrogen-bond donors (Lipinski definition) is 12. The summed E-state index contributed by atoms with van der Waals surface area (Å²) < 4.78 is 167. The van der Waals surface area contributed by atoms with Crippen LogP contribution < -0.4 is 61.9 Å². The Morgan fingerprint density at radius 3 is 1.04 bits per heavy atom. The standard InChI is InChI=1S/C73H91Cl3F3N18O24P3/c1-35(2)110-59(104)36(3)92-122(107,116-41-23-17-14-18-24-41)119-69(10,11)51-48(99)72(75,30-78)63(114-51)96-33-82-45-54(96)87-66(90-57(45)102)85-40(7)112-61(106)38(5)94-124(109,118-43-27-21-16-22-28-43)121-70(12,13)52-49(100)73(76,31-79)64(115-52)97-34-83-46-55(97)88-67(91-58(46)103)84-39(6)111-60(105)37(4)93-123(108,117-42-25-19-15-20-26-42)120-68(8,9)50-47(98)71(74,29-77)62(113-50)95-32-81-44-53(95)86-65(80)89-56(44)101/h14-28,32-40,47-52,62-64,98-100H,29-31H2,1-13H3,(H,92,107)(H,93,108)(H,94,109)(H3,80,86,89,101)(H2,84,88,91,103)(H2,85,87,90,102)/t36-,37-,38-,39?,40?,47?,48?,49?,50-,51-,52-,62+,63+,64+,71+,72+,73+,122?,123-,124+/m0/s1. The average Bonchev–Trinajstić information content (AvgIpc) is 1.58. The number of nitrogens with zero attached hydrogens (tertiary/aromatic N) is 9. The molecule has 9 aromatic rings. The van der Waals surface area contributed by atoms with Gasteiger partial charge in [-0.3, -0.25) is 71.0 Å². The highest BCUT2D eigenvalue weighted by atomic mass is 35.5. The molecule has 0 bridgehead atoms. The number of nitrogen functional groups attached to an aromatic ring is 1. The van der Waals surface area contributed by atoms with E-state index in [0.717, 1.165) is 32.7 Å². The fraction of sp³-hybridized carbons (Fsp3) is 0.507. The van der Waals surface area contributed by atoms with Crippen molar-refractivity contribution in [2.24, 2.45) is 0 Å². The van der Waals surface area contributed by atoms with Gasteiger partial charge in [0.25, 0.3) is 16.7 Å². The quantitative estimate of drug-likeness (QED) is 0.00576. The minimum absolute atomic E-state index is 0.0397. The topological polar surface area (TPSA) is 551 Å². The molecule has 124 heavy (non-hydrogen) atoms. The van der Waals surface area contributed by atoms with Gasteiger partial charge in [0.05, 0.1) is 25.1 Å². The summed E-state index contributed by atoms with van der Waals surface area (Å²) in [4.78, 5) is 107. The molecule has 3 aromatic carbocycles. The number of carbonyl (C=O) groups excluding carboxylic acids is 3. The number of fused-ring (bicyclic) bond motifs is 3. The zero-order chi connectivity index (χ0) is 90.5. The Kier molecular flexibility index (Phi) is 27.5. The van der Waals surface area contributed by atoms with Gasteiger partial charge >= 0.3 is 41.1 Å². The molecule has 51 heteroatoms. The highest BCUT2D eigenvalue weighted by Crippen LogP contribution is 2.58. The summed E-state index contributed by atoms with van der Waals surface area (Å²) in [5.74, 6) is -4.34. The van der Waals surface area contributed by atoms with E-state index in [9.17, 15) is 48.7 Å². The Balaban J connectivity index is 0.714. The molecule has 674 valence electrons. The number of alkyl halides is 6. The molecule has 6 unspecified atom stereocenters. The zero-order valence-electron chi connectivity index (χ0n) is 68.3. The summed E-state index contributed by atoms with van der Waals surface area (Å²) in [6.45, 7) is 12.9. The number of rotatable bonds is 37. The fourth-order valence-corrected chi connectivity index (χ4v) is 20.3. The molecule has 13 N–H and O–H groups in total. The molecule has 0 saturated carbocycles. The molecule has 0 amide bonds. The van der Waals surface area contributed by atoms with Crippen LogP contribution in [-0.4, -0.2) is 217 Å². The van der Waals surface area contributed by atoms with Crippen LogP contribution in [0, 0.1) is 0 Å². The lowest BCUT2D eigenvalue weighted by Gasteiger charge is -2.36.